The number of carboxylic acid groups (broad SMARTS) is 1. The lowest BCUT2D eigenvalue weighted by molar-refractivity contribution is -0.148. The van der Waals surface area contributed by atoms with Gasteiger partial charge in [0.25, 0.3) is 0 Å². The maximum Gasteiger partial charge on any atom is 0.372 e. The molecule has 0 saturated heterocycles. The van der Waals surface area contributed by atoms with Gasteiger partial charge in [0.05, 0.1) is 12.7 Å². The maximum absolute atomic E-state index is 13.1. The van der Waals surface area contributed by atoms with Crippen molar-refractivity contribution in [1.82, 2.24) is 0 Å². The van der Waals surface area contributed by atoms with Gasteiger partial charge in [0.2, 0.25) is 11.6 Å². The van der Waals surface area contributed by atoms with Crippen LogP contribution in [0.1, 0.15) is 28.1 Å². The van der Waals surface area contributed by atoms with Crippen LogP contribution in [0.15, 0.2) is 41.0 Å². The van der Waals surface area contributed by atoms with E-state index in [0.717, 1.165) is 0 Å². The molecule has 0 spiro atoms. The molecule has 0 saturated carbocycles. The summed E-state index contributed by atoms with van der Waals surface area (Å²) in [6, 6.07) is 7.41. The van der Waals surface area contributed by atoms with E-state index in [1.54, 1.807) is 12.1 Å². The average molecular weight is 290 g/mol. The highest BCUT2D eigenvalue weighted by atomic mass is 19.1. The van der Waals surface area contributed by atoms with Crippen LogP contribution in [0.25, 0.3) is 0 Å². The summed E-state index contributed by atoms with van der Waals surface area (Å²) >= 11 is 0. The fraction of sp³-hybridized carbons (Fsp3) is 0.133. The molecule has 0 aliphatic carbocycles. The number of ketones is 2. The van der Waals surface area contributed by atoms with E-state index in [0.29, 0.717) is 17.5 Å². The highest BCUT2D eigenvalue weighted by Gasteiger charge is 2.20. The number of hydrogen-bond donors (Lipinski definition) is 1. The standard InChI is InChI=1S/C15H11FO5/c16-11-3-1-2-9(5-11)4-10-6-14(21-8-10)12(17)7-13(18)15(19)20/h1-3,5-6,8H,4,7H2,(H,19,20). The molecule has 5 nitrogen and oxygen atoms in total. The van der Waals surface area contributed by atoms with Crippen LogP contribution in [-0.2, 0) is 16.0 Å². The second-order valence-electron chi connectivity index (χ2n) is 4.45. The van der Waals surface area contributed by atoms with Gasteiger partial charge < -0.3 is 9.52 Å². The van der Waals surface area contributed by atoms with Gasteiger partial charge in [-0.15, -0.1) is 0 Å². The summed E-state index contributed by atoms with van der Waals surface area (Å²) in [6.07, 6.45) is 0.938. The van der Waals surface area contributed by atoms with Crippen molar-refractivity contribution in [2.24, 2.45) is 0 Å². The third-order valence-corrected chi connectivity index (χ3v) is 2.79. The zero-order valence-electron chi connectivity index (χ0n) is 10.8. The lowest BCUT2D eigenvalue weighted by Crippen LogP contribution is -2.16. The Hall–Kier alpha value is -2.76. The second-order valence-corrected chi connectivity index (χ2v) is 4.45. The Balaban J connectivity index is 2.06. The van der Waals surface area contributed by atoms with E-state index in [4.69, 9.17) is 9.52 Å². The monoisotopic (exact) mass is 290 g/mol. The number of aliphatic carboxylic acids is 1. The third kappa shape index (κ3) is 3.85. The van der Waals surface area contributed by atoms with E-state index in [2.05, 4.69) is 0 Å². The molecule has 2 rings (SSSR count). The molecule has 0 bridgehead atoms. The molecular formula is C15H11FO5. The van der Waals surface area contributed by atoms with Gasteiger partial charge in [-0.25, -0.2) is 9.18 Å². The third-order valence-electron chi connectivity index (χ3n) is 2.79. The van der Waals surface area contributed by atoms with Crippen molar-refractivity contribution >= 4 is 17.5 Å². The predicted octanol–water partition coefficient (Wildman–Crippen LogP) is 2.24. The molecule has 0 unspecified atom stereocenters. The van der Waals surface area contributed by atoms with Crippen LogP contribution in [-0.4, -0.2) is 22.6 Å². The normalized spacial score (nSPS) is 10.3. The van der Waals surface area contributed by atoms with Gasteiger partial charge in [0.15, 0.2) is 5.76 Å². The minimum Gasteiger partial charge on any atom is -0.475 e. The van der Waals surface area contributed by atoms with Crippen LogP contribution >= 0.6 is 0 Å². The molecule has 108 valence electrons. The van der Waals surface area contributed by atoms with E-state index in [1.165, 1.54) is 24.5 Å². The molecule has 0 amide bonds. The summed E-state index contributed by atoms with van der Waals surface area (Å²) < 4.78 is 18.1. The van der Waals surface area contributed by atoms with E-state index in [1.807, 2.05) is 0 Å². The molecule has 6 heteroatoms. The van der Waals surface area contributed by atoms with Crippen LogP contribution < -0.4 is 0 Å². The predicted molar refractivity (Wildman–Crippen MR) is 69.5 cm³/mol. The summed E-state index contributed by atoms with van der Waals surface area (Å²) in [5, 5.41) is 8.44. The number of rotatable bonds is 6. The Kier molecular flexibility index (Phi) is 4.27. The molecule has 1 N–H and O–H groups in total. The summed E-state index contributed by atoms with van der Waals surface area (Å²) in [7, 11) is 0. The van der Waals surface area contributed by atoms with Crippen molar-refractivity contribution in [3.63, 3.8) is 0 Å². The molecule has 2 aromatic rings. The van der Waals surface area contributed by atoms with Crippen molar-refractivity contribution in [3.8, 4) is 0 Å². The van der Waals surface area contributed by atoms with E-state index >= 15 is 0 Å². The van der Waals surface area contributed by atoms with Gasteiger partial charge in [0, 0.05) is 6.42 Å². The first-order valence-electron chi connectivity index (χ1n) is 6.07. The number of halogens is 1. The minimum atomic E-state index is -1.66. The van der Waals surface area contributed by atoms with Crippen LogP contribution in [0.3, 0.4) is 0 Å². The lowest BCUT2D eigenvalue weighted by Gasteiger charge is -1.97. The van der Waals surface area contributed by atoms with Gasteiger partial charge in [0.1, 0.15) is 5.82 Å². The highest BCUT2D eigenvalue weighted by molar-refractivity contribution is 6.37. The minimum absolute atomic E-state index is 0.0870. The first-order valence-corrected chi connectivity index (χ1v) is 6.07. The fourth-order valence-electron chi connectivity index (χ4n) is 1.81. The van der Waals surface area contributed by atoms with Crippen molar-refractivity contribution in [1.29, 1.82) is 0 Å². The van der Waals surface area contributed by atoms with Crippen molar-refractivity contribution in [3.05, 3.63) is 59.3 Å². The van der Waals surface area contributed by atoms with Crippen molar-refractivity contribution in [2.45, 2.75) is 12.8 Å². The summed E-state index contributed by atoms with van der Waals surface area (Å²) in [6.45, 7) is 0. The highest BCUT2D eigenvalue weighted by Crippen LogP contribution is 2.15. The van der Waals surface area contributed by atoms with Crippen molar-refractivity contribution < 1.29 is 28.3 Å². The van der Waals surface area contributed by atoms with Crippen molar-refractivity contribution in [2.75, 3.05) is 0 Å². The second kappa shape index (κ2) is 6.13. The number of furan rings is 1. The molecule has 1 heterocycles. The number of hydrogen-bond acceptors (Lipinski definition) is 4. The topological polar surface area (TPSA) is 84.6 Å². The van der Waals surface area contributed by atoms with E-state index in [9.17, 15) is 18.8 Å². The van der Waals surface area contributed by atoms with Gasteiger partial charge >= 0.3 is 5.97 Å². The van der Waals surface area contributed by atoms with Crippen LogP contribution in [0.4, 0.5) is 4.39 Å². The number of Topliss-reactive ketones (excluding diaryl/α,β-unsaturated/α-hetero) is 2. The molecule has 0 aliphatic heterocycles. The van der Waals surface area contributed by atoms with Crippen LogP contribution in [0, 0.1) is 5.82 Å². The smallest absolute Gasteiger partial charge is 0.372 e. The molecule has 0 fully saturated rings. The molecule has 0 radical (unpaired) electrons. The molecule has 21 heavy (non-hydrogen) atoms. The molecule has 0 aliphatic rings. The first kappa shape index (κ1) is 14.6. The number of carbonyl (C=O) groups is 3. The molecule has 1 aromatic heterocycles. The first-order chi connectivity index (χ1) is 9.95. The van der Waals surface area contributed by atoms with Gasteiger partial charge in [-0.3, -0.25) is 9.59 Å². The van der Waals surface area contributed by atoms with Gasteiger partial charge in [-0.1, -0.05) is 12.1 Å². The SMILES string of the molecule is O=C(O)C(=O)CC(=O)c1cc(Cc2cccc(F)c2)co1. The Morgan fingerprint density at radius 3 is 2.57 bits per heavy atom. The van der Waals surface area contributed by atoms with E-state index < -0.39 is 24.0 Å². The summed E-state index contributed by atoms with van der Waals surface area (Å²) in [4.78, 5) is 33.0. The van der Waals surface area contributed by atoms with Gasteiger partial charge in [-0.05, 0) is 29.3 Å². The molecule has 1 aromatic carbocycles. The van der Waals surface area contributed by atoms with E-state index in [-0.39, 0.29) is 11.6 Å². The van der Waals surface area contributed by atoms with Gasteiger partial charge in [-0.2, -0.15) is 0 Å². The maximum atomic E-state index is 13.1. The average Bonchev–Trinajstić information content (AvgIpc) is 2.87. The largest absolute Gasteiger partial charge is 0.475 e. The fourth-order valence-corrected chi connectivity index (χ4v) is 1.81. The Labute approximate surface area is 119 Å². The number of benzene rings is 1. The number of carboxylic acids is 1. The zero-order valence-corrected chi connectivity index (χ0v) is 10.8. The molecular weight excluding hydrogens is 279 g/mol. The number of carbonyl (C=O) groups excluding carboxylic acids is 2. The summed E-state index contributed by atoms with van der Waals surface area (Å²) in [5.41, 5.74) is 1.34. The summed E-state index contributed by atoms with van der Waals surface area (Å²) in [5.74, 6) is -4.00. The Morgan fingerprint density at radius 2 is 1.90 bits per heavy atom. The van der Waals surface area contributed by atoms with Crippen LogP contribution in [0.5, 0.6) is 0 Å². The Bertz CT molecular complexity index is 702. The van der Waals surface area contributed by atoms with Crippen LogP contribution in [0.2, 0.25) is 0 Å². The molecule has 0 atom stereocenters. The Morgan fingerprint density at radius 1 is 1.14 bits per heavy atom. The quantitative estimate of drug-likeness (QED) is 0.501. The zero-order chi connectivity index (χ0) is 15.4. The lowest BCUT2D eigenvalue weighted by atomic mass is 10.1.